The van der Waals surface area contributed by atoms with Gasteiger partial charge in [0, 0.05) is 19.4 Å². The monoisotopic (exact) mass is 349 g/mol. The number of aryl methyl sites for hydroxylation is 2. The van der Waals surface area contributed by atoms with E-state index in [1.54, 1.807) is 13.3 Å². The average molecular weight is 349 g/mol. The number of hydrogen-bond donors (Lipinski definition) is 1. The Morgan fingerprint density at radius 2 is 1.85 bits per heavy atom. The zero-order chi connectivity index (χ0) is 18.5. The zero-order valence-electron chi connectivity index (χ0n) is 15.3. The smallest absolute Gasteiger partial charge is 0.225 e. The third-order valence-electron chi connectivity index (χ3n) is 4.36. The Labute approximate surface area is 153 Å². The van der Waals surface area contributed by atoms with Gasteiger partial charge in [-0.15, -0.1) is 0 Å². The predicted octanol–water partition coefficient (Wildman–Crippen LogP) is 3.19. The van der Waals surface area contributed by atoms with Gasteiger partial charge in [-0.05, 0) is 30.2 Å². The topological polar surface area (TPSA) is 56.1 Å². The molecular weight excluding hydrogens is 326 g/mol. The van der Waals surface area contributed by atoms with E-state index >= 15 is 0 Å². The van der Waals surface area contributed by atoms with E-state index in [-0.39, 0.29) is 11.9 Å². The van der Waals surface area contributed by atoms with Crippen LogP contribution in [0.1, 0.15) is 28.6 Å². The Morgan fingerprint density at radius 3 is 2.42 bits per heavy atom. The highest BCUT2D eigenvalue weighted by atomic mass is 16.5. The minimum atomic E-state index is -0.321. The van der Waals surface area contributed by atoms with Crippen LogP contribution in [0.2, 0.25) is 0 Å². The molecule has 5 heteroatoms. The largest absolute Gasteiger partial charge is 0.497 e. The van der Waals surface area contributed by atoms with Crippen LogP contribution in [0, 0.1) is 6.92 Å². The average Bonchev–Trinajstić information content (AvgIpc) is 3.07. The molecule has 1 amide bonds. The van der Waals surface area contributed by atoms with Crippen molar-refractivity contribution < 1.29 is 9.53 Å². The number of methoxy groups -OCH3 is 1. The fourth-order valence-corrected chi connectivity index (χ4v) is 2.85. The molecule has 0 saturated heterocycles. The predicted molar refractivity (Wildman–Crippen MR) is 101 cm³/mol. The first-order valence-corrected chi connectivity index (χ1v) is 8.53. The Bertz CT molecular complexity index is 867. The lowest BCUT2D eigenvalue weighted by atomic mass is 10.0. The highest BCUT2D eigenvalue weighted by Crippen LogP contribution is 2.23. The van der Waals surface area contributed by atoms with Crippen molar-refractivity contribution in [3.05, 3.63) is 83.4 Å². The van der Waals surface area contributed by atoms with Crippen LogP contribution < -0.4 is 10.1 Å². The summed E-state index contributed by atoms with van der Waals surface area (Å²) in [6, 6.07) is 15.4. The molecular formula is C21H23N3O2. The zero-order valence-corrected chi connectivity index (χ0v) is 15.3. The second-order valence-electron chi connectivity index (χ2n) is 6.33. The molecule has 0 radical (unpaired) electrons. The number of carbonyl (C=O) groups is 1. The van der Waals surface area contributed by atoms with Crippen molar-refractivity contribution in [2.24, 2.45) is 7.05 Å². The maximum absolute atomic E-state index is 12.6. The molecule has 1 unspecified atom stereocenters. The van der Waals surface area contributed by atoms with Gasteiger partial charge in [0.1, 0.15) is 17.6 Å². The summed E-state index contributed by atoms with van der Waals surface area (Å²) in [5, 5.41) is 3.11. The SMILES string of the molecule is COc1ccc(C(NC(=O)Cc2ccc(C)cc2)c2nccn2C)cc1. The molecule has 0 spiro atoms. The number of aromatic nitrogens is 2. The molecule has 134 valence electrons. The van der Waals surface area contributed by atoms with E-state index in [2.05, 4.69) is 10.3 Å². The number of ether oxygens (including phenoxy) is 1. The van der Waals surface area contributed by atoms with Crippen LogP contribution in [0.3, 0.4) is 0 Å². The van der Waals surface area contributed by atoms with E-state index in [9.17, 15) is 4.79 Å². The van der Waals surface area contributed by atoms with Crippen molar-refractivity contribution in [3.8, 4) is 5.75 Å². The lowest BCUT2D eigenvalue weighted by Gasteiger charge is -2.19. The van der Waals surface area contributed by atoms with Gasteiger partial charge in [0.15, 0.2) is 0 Å². The van der Waals surface area contributed by atoms with Gasteiger partial charge in [0.05, 0.1) is 13.5 Å². The van der Waals surface area contributed by atoms with Crippen molar-refractivity contribution >= 4 is 5.91 Å². The van der Waals surface area contributed by atoms with E-state index < -0.39 is 0 Å². The standard InChI is InChI=1S/C21H23N3O2/c1-15-4-6-16(7-5-15)14-19(25)23-20(21-22-12-13-24(21)2)17-8-10-18(26-3)11-9-17/h4-13,20H,14H2,1-3H3,(H,23,25). The van der Waals surface area contributed by atoms with Gasteiger partial charge in [-0.3, -0.25) is 4.79 Å². The third-order valence-corrected chi connectivity index (χ3v) is 4.36. The molecule has 0 aliphatic rings. The van der Waals surface area contributed by atoms with Crippen LogP contribution in [0.5, 0.6) is 5.75 Å². The van der Waals surface area contributed by atoms with Crippen molar-refractivity contribution in [2.45, 2.75) is 19.4 Å². The molecule has 3 rings (SSSR count). The quantitative estimate of drug-likeness (QED) is 0.744. The summed E-state index contributed by atoms with van der Waals surface area (Å²) in [4.78, 5) is 17.1. The van der Waals surface area contributed by atoms with Crippen LogP contribution in [-0.4, -0.2) is 22.6 Å². The first-order valence-electron chi connectivity index (χ1n) is 8.53. The molecule has 1 aromatic heterocycles. The Hall–Kier alpha value is -3.08. The van der Waals surface area contributed by atoms with Gasteiger partial charge >= 0.3 is 0 Å². The first-order chi connectivity index (χ1) is 12.6. The summed E-state index contributed by atoms with van der Waals surface area (Å²) in [6.07, 6.45) is 3.94. The normalized spacial score (nSPS) is 11.8. The van der Waals surface area contributed by atoms with Crippen LogP contribution in [-0.2, 0) is 18.3 Å². The van der Waals surface area contributed by atoms with Crippen molar-refractivity contribution in [3.63, 3.8) is 0 Å². The van der Waals surface area contributed by atoms with E-state index in [0.29, 0.717) is 6.42 Å². The van der Waals surface area contributed by atoms with Crippen LogP contribution in [0.4, 0.5) is 0 Å². The van der Waals surface area contributed by atoms with Gasteiger partial charge < -0.3 is 14.6 Å². The van der Waals surface area contributed by atoms with E-state index in [1.807, 2.05) is 73.3 Å². The second kappa shape index (κ2) is 7.87. The summed E-state index contributed by atoms with van der Waals surface area (Å²) in [6.45, 7) is 2.03. The van der Waals surface area contributed by atoms with Gasteiger partial charge in [0.2, 0.25) is 5.91 Å². The van der Waals surface area contributed by atoms with Crippen molar-refractivity contribution in [2.75, 3.05) is 7.11 Å². The Balaban J connectivity index is 1.82. The third kappa shape index (κ3) is 4.11. The lowest BCUT2D eigenvalue weighted by Crippen LogP contribution is -2.32. The minimum absolute atomic E-state index is 0.0438. The van der Waals surface area contributed by atoms with Gasteiger partial charge in [-0.1, -0.05) is 42.0 Å². The molecule has 1 atom stereocenters. The number of imidazole rings is 1. The van der Waals surface area contributed by atoms with Gasteiger partial charge in [0.25, 0.3) is 0 Å². The fourth-order valence-electron chi connectivity index (χ4n) is 2.85. The number of nitrogens with zero attached hydrogens (tertiary/aromatic N) is 2. The highest BCUT2D eigenvalue weighted by Gasteiger charge is 2.21. The summed E-state index contributed by atoms with van der Waals surface area (Å²) in [5.74, 6) is 1.52. The van der Waals surface area contributed by atoms with Gasteiger partial charge in [-0.25, -0.2) is 4.98 Å². The molecule has 2 aromatic carbocycles. The summed E-state index contributed by atoms with van der Waals surface area (Å²) < 4.78 is 7.14. The van der Waals surface area contributed by atoms with Crippen LogP contribution in [0.25, 0.3) is 0 Å². The molecule has 0 fully saturated rings. The molecule has 3 aromatic rings. The molecule has 1 N–H and O–H groups in total. The highest BCUT2D eigenvalue weighted by molar-refractivity contribution is 5.79. The minimum Gasteiger partial charge on any atom is -0.497 e. The molecule has 0 aliphatic heterocycles. The summed E-state index contributed by atoms with van der Waals surface area (Å²) in [5.41, 5.74) is 3.12. The maximum Gasteiger partial charge on any atom is 0.225 e. The molecule has 1 heterocycles. The molecule has 0 saturated carbocycles. The summed E-state index contributed by atoms with van der Waals surface area (Å²) >= 11 is 0. The number of hydrogen-bond acceptors (Lipinski definition) is 3. The van der Waals surface area contributed by atoms with Gasteiger partial charge in [-0.2, -0.15) is 0 Å². The number of benzene rings is 2. The van der Waals surface area contributed by atoms with E-state index in [4.69, 9.17) is 4.74 Å². The molecule has 0 bridgehead atoms. The lowest BCUT2D eigenvalue weighted by molar-refractivity contribution is -0.121. The molecule has 5 nitrogen and oxygen atoms in total. The van der Waals surface area contributed by atoms with Crippen LogP contribution in [0.15, 0.2) is 60.9 Å². The maximum atomic E-state index is 12.6. The van der Waals surface area contributed by atoms with Crippen molar-refractivity contribution in [1.82, 2.24) is 14.9 Å². The first kappa shape index (κ1) is 17.7. The van der Waals surface area contributed by atoms with E-state index in [0.717, 1.165) is 22.7 Å². The van der Waals surface area contributed by atoms with E-state index in [1.165, 1.54) is 5.56 Å². The Kier molecular flexibility index (Phi) is 5.37. The second-order valence-corrected chi connectivity index (χ2v) is 6.33. The van der Waals surface area contributed by atoms with Crippen LogP contribution >= 0.6 is 0 Å². The number of amides is 1. The number of nitrogens with one attached hydrogen (secondary N) is 1. The fraction of sp³-hybridized carbons (Fsp3) is 0.238. The Morgan fingerprint density at radius 1 is 1.15 bits per heavy atom. The molecule has 0 aliphatic carbocycles. The number of rotatable bonds is 6. The number of carbonyl (C=O) groups excluding carboxylic acids is 1. The molecule has 26 heavy (non-hydrogen) atoms. The summed E-state index contributed by atoms with van der Waals surface area (Å²) in [7, 11) is 3.56. The van der Waals surface area contributed by atoms with Crippen molar-refractivity contribution in [1.29, 1.82) is 0 Å².